The highest BCUT2D eigenvalue weighted by molar-refractivity contribution is 5.81. The molecule has 1 fully saturated rings. The number of nitrogens with one attached hydrogen (secondary N) is 1. The van der Waals surface area contributed by atoms with Crippen LogP contribution in [0.1, 0.15) is 51.3 Å². The molecule has 0 aliphatic heterocycles. The number of aliphatic hydroxyl groups is 1. The largest absolute Gasteiger partial charge is 0.464 e. The van der Waals surface area contributed by atoms with Gasteiger partial charge < -0.3 is 31.0 Å². The topological polar surface area (TPSA) is 166 Å². The van der Waals surface area contributed by atoms with Crippen molar-refractivity contribution in [2.75, 3.05) is 6.61 Å². The van der Waals surface area contributed by atoms with Crippen LogP contribution in [-0.2, 0) is 19.1 Å². The first-order valence-electron chi connectivity index (χ1n) is 11.4. The van der Waals surface area contributed by atoms with Crippen LogP contribution in [0.3, 0.4) is 0 Å². The van der Waals surface area contributed by atoms with Gasteiger partial charge in [0.2, 0.25) is 0 Å². The molecule has 0 saturated heterocycles. The summed E-state index contributed by atoms with van der Waals surface area (Å²) in [6.07, 6.45) is 1.79. The number of aliphatic hydroxyl groups excluding tert-OH is 1. The lowest BCUT2D eigenvalue weighted by Gasteiger charge is -2.25. The number of ether oxygens (including phenoxy) is 2. The van der Waals surface area contributed by atoms with Gasteiger partial charge in [-0.2, -0.15) is 0 Å². The first kappa shape index (κ1) is 25.1. The molecule has 1 aliphatic carbocycles. The highest BCUT2D eigenvalue weighted by Gasteiger charge is 2.47. The SMILES string of the molecule is Cc1ncnc2c([C@@H]3C[C@H](COC(=O)[C@@H](N)C(C)C)[C@@H](O)[C@H]3OC(=O)[C@@H](N)C(C)C)c[nH]c12. The second-order valence-electron chi connectivity index (χ2n) is 9.59. The molecule has 0 spiro atoms. The van der Waals surface area contributed by atoms with Crippen LogP contribution in [0.5, 0.6) is 0 Å². The Bertz CT molecular complexity index is 991. The van der Waals surface area contributed by atoms with Gasteiger partial charge in [-0.15, -0.1) is 0 Å². The van der Waals surface area contributed by atoms with Gasteiger partial charge in [-0.3, -0.25) is 9.59 Å². The Labute approximate surface area is 193 Å². The minimum Gasteiger partial charge on any atom is -0.464 e. The zero-order chi connectivity index (χ0) is 24.4. The summed E-state index contributed by atoms with van der Waals surface area (Å²) in [7, 11) is 0. The molecule has 0 bridgehead atoms. The van der Waals surface area contributed by atoms with Crippen molar-refractivity contribution < 1.29 is 24.2 Å². The molecule has 0 radical (unpaired) electrons. The predicted molar refractivity (Wildman–Crippen MR) is 122 cm³/mol. The summed E-state index contributed by atoms with van der Waals surface area (Å²) in [5.74, 6) is -2.10. The Morgan fingerprint density at radius 3 is 2.42 bits per heavy atom. The van der Waals surface area contributed by atoms with Gasteiger partial charge in [-0.05, 0) is 25.2 Å². The lowest BCUT2D eigenvalue weighted by Crippen LogP contribution is -2.43. The summed E-state index contributed by atoms with van der Waals surface area (Å²) in [6.45, 7) is 9.16. The molecule has 0 unspecified atom stereocenters. The quantitative estimate of drug-likeness (QED) is 0.422. The highest BCUT2D eigenvalue weighted by Crippen LogP contribution is 2.43. The number of aryl methyl sites for hydroxylation is 1. The fraction of sp³-hybridized carbons (Fsp3) is 0.652. The van der Waals surface area contributed by atoms with Crippen LogP contribution in [0.15, 0.2) is 12.5 Å². The number of hydrogen-bond donors (Lipinski definition) is 4. The van der Waals surface area contributed by atoms with Crippen LogP contribution in [0.2, 0.25) is 0 Å². The summed E-state index contributed by atoms with van der Waals surface area (Å²) >= 11 is 0. The molecule has 2 aromatic heterocycles. The summed E-state index contributed by atoms with van der Waals surface area (Å²) in [5.41, 5.74) is 14.9. The van der Waals surface area contributed by atoms with Gasteiger partial charge >= 0.3 is 11.9 Å². The molecular formula is C23H35N5O5. The third-order valence-corrected chi connectivity index (χ3v) is 6.53. The highest BCUT2D eigenvalue weighted by atomic mass is 16.6. The molecule has 10 nitrogen and oxygen atoms in total. The number of carbonyl (C=O) groups is 2. The maximum Gasteiger partial charge on any atom is 0.323 e. The molecule has 3 rings (SSSR count). The minimum absolute atomic E-state index is 0.0302. The molecule has 6 atom stereocenters. The van der Waals surface area contributed by atoms with E-state index in [9.17, 15) is 14.7 Å². The second-order valence-corrected chi connectivity index (χ2v) is 9.59. The number of hydrogen-bond acceptors (Lipinski definition) is 9. The van der Waals surface area contributed by atoms with Gasteiger partial charge in [0.1, 0.15) is 24.5 Å². The number of carbonyl (C=O) groups excluding carboxylic acids is 2. The molecule has 182 valence electrons. The van der Waals surface area contributed by atoms with Gasteiger partial charge in [0.25, 0.3) is 0 Å². The molecule has 1 aliphatic rings. The monoisotopic (exact) mass is 461 g/mol. The van der Waals surface area contributed by atoms with Crippen LogP contribution in [0.25, 0.3) is 11.0 Å². The van der Waals surface area contributed by atoms with E-state index in [1.165, 1.54) is 6.33 Å². The Balaban J connectivity index is 1.87. The number of rotatable bonds is 8. The fourth-order valence-electron chi connectivity index (χ4n) is 4.14. The molecule has 10 heteroatoms. The Hall–Kier alpha value is -2.56. The number of nitrogens with zero attached hydrogens (tertiary/aromatic N) is 2. The normalized spacial score (nSPS) is 24.9. The van der Waals surface area contributed by atoms with Crippen molar-refractivity contribution in [3.8, 4) is 0 Å². The number of fused-ring (bicyclic) bond motifs is 1. The van der Waals surface area contributed by atoms with E-state index < -0.39 is 42.1 Å². The van der Waals surface area contributed by atoms with Gasteiger partial charge in [0.05, 0.1) is 29.4 Å². The smallest absolute Gasteiger partial charge is 0.323 e. The minimum atomic E-state index is -1.05. The molecular weight excluding hydrogens is 426 g/mol. The van der Waals surface area contributed by atoms with E-state index in [2.05, 4.69) is 15.0 Å². The number of aromatic nitrogens is 3. The van der Waals surface area contributed by atoms with Gasteiger partial charge in [-0.25, -0.2) is 9.97 Å². The zero-order valence-electron chi connectivity index (χ0n) is 19.8. The summed E-state index contributed by atoms with van der Waals surface area (Å²) in [5, 5.41) is 11.1. The first-order valence-corrected chi connectivity index (χ1v) is 11.4. The second kappa shape index (κ2) is 10.1. The predicted octanol–water partition coefficient (Wildman–Crippen LogP) is 1.15. The Morgan fingerprint density at radius 1 is 1.15 bits per heavy atom. The maximum absolute atomic E-state index is 12.7. The standard InChI is InChI=1S/C23H35N5O5/c1-10(2)16(24)22(30)32-8-13-6-14(15-7-26-18-12(5)27-9-28-19(15)18)21(20(13)29)33-23(31)17(25)11(3)4/h7,9-11,13-14,16-17,20-21,26,29H,6,8,24-25H2,1-5H3/t13-,14+,16+,17+,20-,21+/m1/s1. The third-order valence-electron chi connectivity index (χ3n) is 6.53. The fourth-order valence-corrected chi connectivity index (χ4v) is 4.14. The maximum atomic E-state index is 12.7. The van der Waals surface area contributed by atoms with Crippen molar-refractivity contribution in [3.05, 3.63) is 23.8 Å². The molecule has 0 aromatic carbocycles. The van der Waals surface area contributed by atoms with E-state index in [0.717, 1.165) is 16.8 Å². The summed E-state index contributed by atoms with van der Waals surface area (Å²) in [4.78, 5) is 36.7. The van der Waals surface area contributed by atoms with E-state index >= 15 is 0 Å². The molecule has 33 heavy (non-hydrogen) atoms. The molecule has 2 aromatic rings. The van der Waals surface area contributed by atoms with Crippen LogP contribution in [0, 0.1) is 24.7 Å². The van der Waals surface area contributed by atoms with E-state index in [1.807, 2.05) is 34.6 Å². The Morgan fingerprint density at radius 2 is 1.79 bits per heavy atom. The summed E-state index contributed by atoms with van der Waals surface area (Å²) in [6, 6.07) is -1.56. The van der Waals surface area contributed by atoms with Crippen molar-refractivity contribution in [2.45, 2.75) is 71.2 Å². The summed E-state index contributed by atoms with van der Waals surface area (Å²) < 4.78 is 11.2. The lowest BCUT2D eigenvalue weighted by molar-refractivity contribution is -0.159. The average Bonchev–Trinajstić information content (AvgIpc) is 3.33. The van der Waals surface area contributed by atoms with E-state index in [1.54, 1.807) is 6.20 Å². The van der Waals surface area contributed by atoms with Gasteiger partial charge in [-0.1, -0.05) is 27.7 Å². The van der Waals surface area contributed by atoms with Crippen LogP contribution < -0.4 is 11.5 Å². The van der Waals surface area contributed by atoms with E-state index in [0.29, 0.717) is 11.9 Å². The zero-order valence-corrected chi connectivity index (χ0v) is 19.8. The van der Waals surface area contributed by atoms with Crippen molar-refractivity contribution in [2.24, 2.45) is 29.2 Å². The Kier molecular flexibility index (Phi) is 7.71. The van der Waals surface area contributed by atoms with Crippen molar-refractivity contribution in [1.29, 1.82) is 0 Å². The van der Waals surface area contributed by atoms with E-state index in [4.69, 9.17) is 20.9 Å². The van der Waals surface area contributed by atoms with Gasteiger partial charge in [0, 0.05) is 23.6 Å². The molecule has 0 amide bonds. The van der Waals surface area contributed by atoms with Gasteiger partial charge in [0.15, 0.2) is 0 Å². The number of nitrogens with two attached hydrogens (primary N) is 2. The van der Waals surface area contributed by atoms with Crippen LogP contribution >= 0.6 is 0 Å². The number of esters is 2. The average molecular weight is 462 g/mol. The number of aromatic amines is 1. The molecule has 6 N–H and O–H groups in total. The van der Waals surface area contributed by atoms with Crippen molar-refractivity contribution in [1.82, 2.24) is 15.0 Å². The lowest BCUT2D eigenvalue weighted by atomic mass is 9.96. The van der Waals surface area contributed by atoms with Crippen LogP contribution in [0.4, 0.5) is 0 Å². The molecule has 1 saturated carbocycles. The van der Waals surface area contributed by atoms with E-state index in [-0.39, 0.29) is 24.4 Å². The van der Waals surface area contributed by atoms with Crippen molar-refractivity contribution >= 4 is 23.0 Å². The molecule has 2 heterocycles. The number of H-pyrrole nitrogens is 1. The third kappa shape index (κ3) is 5.18. The van der Waals surface area contributed by atoms with Crippen LogP contribution in [-0.4, -0.2) is 62.9 Å². The van der Waals surface area contributed by atoms with Crippen molar-refractivity contribution in [3.63, 3.8) is 0 Å². The first-order chi connectivity index (χ1) is 15.5.